The molecule has 2 saturated heterocycles. The second-order valence-corrected chi connectivity index (χ2v) is 8.67. The molecule has 0 aromatic heterocycles. The van der Waals surface area contributed by atoms with Gasteiger partial charge in [-0.05, 0) is 57.2 Å². The lowest BCUT2D eigenvalue weighted by Gasteiger charge is -2.34. The summed E-state index contributed by atoms with van der Waals surface area (Å²) in [6.45, 7) is 9.50. The molecule has 0 amide bonds. The van der Waals surface area contributed by atoms with Gasteiger partial charge in [-0.25, -0.2) is 4.72 Å². The third-order valence-electron chi connectivity index (χ3n) is 4.56. The van der Waals surface area contributed by atoms with Gasteiger partial charge in [0.05, 0.1) is 0 Å². The molecule has 6 heteroatoms. The quantitative estimate of drug-likeness (QED) is 0.758. The van der Waals surface area contributed by atoms with Gasteiger partial charge in [-0.1, -0.05) is 20.3 Å². The zero-order chi connectivity index (χ0) is 15.3. The SMILES string of the molecule is CC1CC(C)CN(S(=O)(=O)NCCCN2CCCCC2)C1. The van der Waals surface area contributed by atoms with Gasteiger partial charge >= 0.3 is 0 Å². The molecule has 0 aromatic carbocycles. The van der Waals surface area contributed by atoms with E-state index in [0.717, 1.165) is 19.4 Å². The predicted octanol–water partition coefficient (Wildman–Crippen LogP) is 1.67. The molecule has 0 saturated carbocycles. The molecule has 2 aliphatic rings. The molecule has 2 heterocycles. The van der Waals surface area contributed by atoms with E-state index in [1.54, 1.807) is 4.31 Å². The third kappa shape index (κ3) is 5.51. The normalized spacial score (nSPS) is 29.6. The Morgan fingerprint density at radius 1 is 1.05 bits per heavy atom. The van der Waals surface area contributed by atoms with Gasteiger partial charge in [0.25, 0.3) is 10.2 Å². The first-order valence-corrected chi connectivity index (χ1v) is 9.88. The minimum Gasteiger partial charge on any atom is -0.303 e. The average molecular weight is 317 g/mol. The second kappa shape index (κ2) is 7.90. The molecule has 2 unspecified atom stereocenters. The van der Waals surface area contributed by atoms with Crippen LogP contribution in [0.3, 0.4) is 0 Å². The summed E-state index contributed by atoms with van der Waals surface area (Å²) in [5.74, 6) is 0.914. The van der Waals surface area contributed by atoms with Crippen molar-refractivity contribution in [2.45, 2.75) is 46.0 Å². The largest absolute Gasteiger partial charge is 0.303 e. The summed E-state index contributed by atoms with van der Waals surface area (Å²) in [6, 6.07) is 0. The van der Waals surface area contributed by atoms with Crippen LogP contribution in [0.5, 0.6) is 0 Å². The van der Waals surface area contributed by atoms with Crippen LogP contribution in [0.4, 0.5) is 0 Å². The van der Waals surface area contributed by atoms with E-state index < -0.39 is 10.2 Å². The topological polar surface area (TPSA) is 52.7 Å². The smallest absolute Gasteiger partial charge is 0.279 e. The highest BCUT2D eigenvalue weighted by Crippen LogP contribution is 2.22. The highest BCUT2D eigenvalue weighted by molar-refractivity contribution is 7.87. The van der Waals surface area contributed by atoms with E-state index in [0.29, 0.717) is 31.5 Å². The number of nitrogens with one attached hydrogen (secondary N) is 1. The van der Waals surface area contributed by atoms with Gasteiger partial charge in [0.2, 0.25) is 0 Å². The molecule has 0 aliphatic carbocycles. The Labute approximate surface area is 130 Å². The van der Waals surface area contributed by atoms with Crippen molar-refractivity contribution in [2.75, 3.05) is 39.3 Å². The fourth-order valence-electron chi connectivity index (χ4n) is 3.58. The lowest BCUT2D eigenvalue weighted by Crippen LogP contribution is -2.48. The molecule has 124 valence electrons. The van der Waals surface area contributed by atoms with E-state index >= 15 is 0 Å². The van der Waals surface area contributed by atoms with E-state index in [1.807, 2.05) is 0 Å². The van der Waals surface area contributed by atoms with Crippen LogP contribution in [-0.2, 0) is 10.2 Å². The molecule has 0 spiro atoms. The first-order chi connectivity index (χ1) is 9.97. The van der Waals surface area contributed by atoms with Crippen LogP contribution in [0.15, 0.2) is 0 Å². The maximum absolute atomic E-state index is 12.3. The van der Waals surface area contributed by atoms with E-state index in [9.17, 15) is 8.42 Å². The van der Waals surface area contributed by atoms with Crippen LogP contribution in [0.1, 0.15) is 46.0 Å². The molecule has 0 radical (unpaired) electrons. The molecule has 2 aliphatic heterocycles. The van der Waals surface area contributed by atoms with E-state index in [4.69, 9.17) is 0 Å². The Morgan fingerprint density at radius 2 is 1.67 bits per heavy atom. The van der Waals surface area contributed by atoms with E-state index in [2.05, 4.69) is 23.5 Å². The van der Waals surface area contributed by atoms with Gasteiger partial charge in [0, 0.05) is 19.6 Å². The highest BCUT2D eigenvalue weighted by Gasteiger charge is 2.29. The number of rotatable bonds is 6. The summed E-state index contributed by atoms with van der Waals surface area (Å²) in [5, 5.41) is 0. The fourth-order valence-corrected chi connectivity index (χ4v) is 5.07. The van der Waals surface area contributed by atoms with Crippen molar-refractivity contribution >= 4 is 10.2 Å². The average Bonchev–Trinajstić information content (AvgIpc) is 2.44. The lowest BCUT2D eigenvalue weighted by molar-refractivity contribution is 0.218. The minimum atomic E-state index is -3.29. The first-order valence-electron chi connectivity index (χ1n) is 8.44. The van der Waals surface area contributed by atoms with Crippen LogP contribution in [0.25, 0.3) is 0 Å². The van der Waals surface area contributed by atoms with Crippen LogP contribution in [0, 0.1) is 11.8 Å². The van der Waals surface area contributed by atoms with E-state index in [1.165, 1.54) is 32.4 Å². The zero-order valence-electron chi connectivity index (χ0n) is 13.6. The van der Waals surface area contributed by atoms with Crippen molar-refractivity contribution in [3.8, 4) is 0 Å². The van der Waals surface area contributed by atoms with Crippen molar-refractivity contribution in [3.05, 3.63) is 0 Å². The Morgan fingerprint density at radius 3 is 2.29 bits per heavy atom. The van der Waals surface area contributed by atoms with Crippen LogP contribution < -0.4 is 4.72 Å². The van der Waals surface area contributed by atoms with Crippen LogP contribution in [0.2, 0.25) is 0 Å². The second-order valence-electron chi connectivity index (χ2n) is 6.92. The molecule has 0 aromatic rings. The van der Waals surface area contributed by atoms with Gasteiger partial charge in [-0.15, -0.1) is 0 Å². The number of piperidine rings is 2. The Balaban J connectivity index is 1.70. The third-order valence-corrected chi connectivity index (χ3v) is 6.11. The van der Waals surface area contributed by atoms with Crippen molar-refractivity contribution < 1.29 is 8.42 Å². The van der Waals surface area contributed by atoms with Crippen molar-refractivity contribution in [2.24, 2.45) is 11.8 Å². The van der Waals surface area contributed by atoms with Gasteiger partial charge in [-0.3, -0.25) is 0 Å². The van der Waals surface area contributed by atoms with Crippen molar-refractivity contribution in [1.82, 2.24) is 13.9 Å². The summed E-state index contributed by atoms with van der Waals surface area (Å²) >= 11 is 0. The molecular formula is C15H31N3O2S. The fraction of sp³-hybridized carbons (Fsp3) is 1.00. The predicted molar refractivity (Wildman–Crippen MR) is 86.3 cm³/mol. The lowest BCUT2D eigenvalue weighted by atomic mass is 9.94. The molecule has 1 N–H and O–H groups in total. The van der Waals surface area contributed by atoms with Crippen LogP contribution in [-0.4, -0.2) is 56.9 Å². The summed E-state index contributed by atoms with van der Waals surface area (Å²) < 4.78 is 29.1. The zero-order valence-corrected chi connectivity index (χ0v) is 14.4. The molecule has 2 atom stereocenters. The monoisotopic (exact) mass is 317 g/mol. The Hall–Kier alpha value is -0.170. The summed E-state index contributed by atoms with van der Waals surface area (Å²) in [5.41, 5.74) is 0. The van der Waals surface area contributed by atoms with Gasteiger partial charge in [0.1, 0.15) is 0 Å². The molecule has 2 fully saturated rings. The van der Waals surface area contributed by atoms with Crippen molar-refractivity contribution in [3.63, 3.8) is 0 Å². The molecular weight excluding hydrogens is 286 g/mol. The number of likely N-dealkylation sites (tertiary alicyclic amines) is 1. The molecule has 0 bridgehead atoms. The van der Waals surface area contributed by atoms with Crippen molar-refractivity contribution in [1.29, 1.82) is 0 Å². The molecule has 5 nitrogen and oxygen atoms in total. The number of nitrogens with zero attached hydrogens (tertiary/aromatic N) is 2. The highest BCUT2D eigenvalue weighted by atomic mass is 32.2. The maximum atomic E-state index is 12.3. The first kappa shape index (κ1) is 17.2. The number of hydrogen-bond donors (Lipinski definition) is 1. The van der Waals surface area contributed by atoms with Gasteiger partial charge in [-0.2, -0.15) is 12.7 Å². The molecule has 2 rings (SSSR count). The summed E-state index contributed by atoms with van der Waals surface area (Å²) in [4.78, 5) is 2.45. The minimum absolute atomic E-state index is 0.457. The van der Waals surface area contributed by atoms with Gasteiger partial charge in [0.15, 0.2) is 0 Å². The van der Waals surface area contributed by atoms with Gasteiger partial charge < -0.3 is 4.90 Å². The summed E-state index contributed by atoms with van der Waals surface area (Å²) in [6.07, 6.45) is 5.94. The Bertz CT molecular complexity index is 397. The van der Waals surface area contributed by atoms with Crippen LogP contribution >= 0.6 is 0 Å². The maximum Gasteiger partial charge on any atom is 0.279 e. The standard InChI is InChI=1S/C15H31N3O2S/c1-14-11-15(2)13-18(12-14)21(19,20)16-7-6-10-17-8-4-3-5-9-17/h14-16H,3-13H2,1-2H3. The van der Waals surface area contributed by atoms with E-state index in [-0.39, 0.29) is 0 Å². The number of hydrogen-bond acceptors (Lipinski definition) is 3. The Kier molecular flexibility index (Phi) is 6.47. The summed E-state index contributed by atoms with van der Waals surface area (Å²) in [7, 11) is -3.29. The molecule has 21 heavy (non-hydrogen) atoms.